The topological polar surface area (TPSA) is 108 Å². The van der Waals surface area contributed by atoms with Gasteiger partial charge in [0, 0.05) is 31.5 Å². The fourth-order valence-electron chi connectivity index (χ4n) is 2.74. The Morgan fingerprint density at radius 2 is 2.04 bits per heavy atom. The molecule has 0 radical (unpaired) electrons. The molecule has 0 amide bonds. The molecule has 0 unspecified atom stereocenters. The molecule has 1 aromatic carbocycles. The summed E-state index contributed by atoms with van der Waals surface area (Å²) in [5.74, 6) is 0.716. The van der Waals surface area contributed by atoms with Crippen LogP contribution in [0.1, 0.15) is 5.56 Å². The maximum atomic E-state index is 12.6. The number of rotatable bonds is 7. The molecular formula is C18H21N5O4S. The number of nitrogens with zero attached hydrogens (tertiary/aromatic N) is 4. The van der Waals surface area contributed by atoms with Crippen molar-refractivity contribution in [2.45, 2.75) is 18.4 Å². The number of aromatic nitrogens is 4. The highest BCUT2D eigenvalue weighted by Gasteiger charge is 2.20. The van der Waals surface area contributed by atoms with Crippen LogP contribution in [0.2, 0.25) is 0 Å². The summed E-state index contributed by atoms with van der Waals surface area (Å²) in [7, 11) is -0.778. The number of sulfonamides is 1. The molecule has 0 aliphatic carbocycles. The maximum Gasteiger partial charge on any atom is 0.345 e. The highest BCUT2D eigenvalue weighted by Crippen LogP contribution is 2.24. The van der Waals surface area contributed by atoms with Gasteiger partial charge in [0.2, 0.25) is 10.0 Å². The first-order chi connectivity index (χ1) is 13.3. The fraction of sp³-hybridized carbons (Fsp3) is 0.278. The van der Waals surface area contributed by atoms with Gasteiger partial charge in [0.05, 0.1) is 13.7 Å². The van der Waals surface area contributed by atoms with Crippen LogP contribution in [-0.2, 0) is 23.6 Å². The summed E-state index contributed by atoms with van der Waals surface area (Å²) in [4.78, 5) is 16.5. The zero-order valence-electron chi connectivity index (χ0n) is 15.8. The monoisotopic (exact) mass is 403 g/mol. The van der Waals surface area contributed by atoms with E-state index in [0.717, 1.165) is 5.56 Å². The lowest BCUT2D eigenvalue weighted by molar-refractivity contribution is 0.402. The van der Waals surface area contributed by atoms with Gasteiger partial charge in [-0.3, -0.25) is 9.55 Å². The molecule has 2 heterocycles. The number of nitrogens with one attached hydrogen (secondary N) is 1. The second-order valence-electron chi connectivity index (χ2n) is 6.18. The Kier molecular flexibility index (Phi) is 5.61. The van der Waals surface area contributed by atoms with Gasteiger partial charge in [0.1, 0.15) is 10.6 Å². The molecule has 0 spiro atoms. The summed E-state index contributed by atoms with van der Waals surface area (Å²) in [5, 5.41) is 4.29. The third-order valence-corrected chi connectivity index (χ3v) is 5.67. The number of hydrogen-bond acceptors (Lipinski definition) is 6. The number of pyridine rings is 1. The van der Waals surface area contributed by atoms with Crippen molar-refractivity contribution >= 4 is 10.0 Å². The lowest BCUT2D eigenvalue weighted by Crippen LogP contribution is -2.32. The molecule has 28 heavy (non-hydrogen) atoms. The summed E-state index contributed by atoms with van der Waals surface area (Å²) < 4.78 is 35.5. The van der Waals surface area contributed by atoms with Gasteiger partial charge in [-0.1, -0.05) is 6.07 Å². The molecule has 0 aliphatic heterocycles. The largest absolute Gasteiger partial charge is 0.495 e. The molecule has 0 atom stereocenters. The van der Waals surface area contributed by atoms with Crippen molar-refractivity contribution in [3.63, 3.8) is 0 Å². The van der Waals surface area contributed by atoms with Gasteiger partial charge >= 0.3 is 5.69 Å². The molecule has 0 fully saturated rings. The van der Waals surface area contributed by atoms with Gasteiger partial charge in [-0.05, 0) is 36.8 Å². The van der Waals surface area contributed by atoms with E-state index in [9.17, 15) is 13.2 Å². The van der Waals surface area contributed by atoms with Crippen LogP contribution in [0.15, 0.2) is 52.4 Å². The Morgan fingerprint density at radius 3 is 2.71 bits per heavy atom. The third-order valence-electron chi connectivity index (χ3n) is 4.18. The first-order valence-electron chi connectivity index (χ1n) is 8.52. The average molecular weight is 403 g/mol. The van der Waals surface area contributed by atoms with Crippen LogP contribution in [0, 0.1) is 6.92 Å². The van der Waals surface area contributed by atoms with E-state index >= 15 is 0 Å². The highest BCUT2D eigenvalue weighted by atomic mass is 32.2. The van der Waals surface area contributed by atoms with Crippen molar-refractivity contribution in [1.82, 2.24) is 24.1 Å². The van der Waals surface area contributed by atoms with E-state index in [-0.39, 0.29) is 29.4 Å². The van der Waals surface area contributed by atoms with Crippen LogP contribution in [0.5, 0.6) is 5.75 Å². The van der Waals surface area contributed by atoms with E-state index in [0.29, 0.717) is 11.4 Å². The van der Waals surface area contributed by atoms with Crippen LogP contribution >= 0.6 is 0 Å². The zero-order valence-corrected chi connectivity index (χ0v) is 16.6. The van der Waals surface area contributed by atoms with Gasteiger partial charge in [-0.2, -0.15) is 0 Å². The molecule has 0 aliphatic rings. The predicted octanol–water partition coefficient (Wildman–Crippen LogP) is 0.939. The minimum atomic E-state index is -3.80. The molecule has 148 valence electrons. The summed E-state index contributed by atoms with van der Waals surface area (Å²) >= 11 is 0. The fourth-order valence-corrected chi connectivity index (χ4v) is 4.01. The average Bonchev–Trinajstić information content (AvgIpc) is 2.97. The highest BCUT2D eigenvalue weighted by molar-refractivity contribution is 7.89. The van der Waals surface area contributed by atoms with E-state index in [1.54, 1.807) is 50.6 Å². The van der Waals surface area contributed by atoms with Crippen molar-refractivity contribution in [2.24, 2.45) is 7.05 Å². The Morgan fingerprint density at radius 1 is 1.25 bits per heavy atom. The standard InChI is InChI=1S/C18H21N5O4S/c1-13-6-7-15(27-3)16(11-13)28(25,26)20-9-10-23-18(24)22(2)17(21-23)14-5-4-8-19-12-14/h4-8,11-12,20H,9-10H2,1-3H3. The minimum Gasteiger partial charge on any atom is -0.495 e. The summed E-state index contributed by atoms with van der Waals surface area (Å²) in [6.45, 7) is 1.88. The Bertz CT molecular complexity index is 1140. The van der Waals surface area contributed by atoms with E-state index in [1.165, 1.54) is 22.4 Å². The molecule has 0 saturated carbocycles. The zero-order chi connectivity index (χ0) is 20.3. The third kappa shape index (κ3) is 3.97. The normalized spacial score (nSPS) is 11.5. The van der Waals surface area contributed by atoms with Crippen LogP contribution in [0.4, 0.5) is 0 Å². The van der Waals surface area contributed by atoms with Crippen LogP contribution in [0.25, 0.3) is 11.4 Å². The maximum absolute atomic E-state index is 12.6. The first kappa shape index (κ1) is 19.8. The van der Waals surface area contributed by atoms with E-state index in [4.69, 9.17) is 4.74 Å². The number of methoxy groups -OCH3 is 1. The van der Waals surface area contributed by atoms with Crippen molar-refractivity contribution in [1.29, 1.82) is 0 Å². The Hall–Kier alpha value is -2.98. The van der Waals surface area contributed by atoms with Gasteiger partial charge in [-0.25, -0.2) is 22.6 Å². The van der Waals surface area contributed by atoms with Crippen LogP contribution in [0.3, 0.4) is 0 Å². The van der Waals surface area contributed by atoms with Gasteiger partial charge in [0.15, 0.2) is 5.82 Å². The van der Waals surface area contributed by atoms with Gasteiger partial charge in [-0.15, -0.1) is 5.10 Å². The van der Waals surface area contributed by atoms with Crippen LogP contribution < -0.4 is 15.1 Å². The molecular weight excluding hydrogens is 382 g/mol. The first-order valence-corrected chi connectivity index (χ1v) is 10.0. The molecule has 3 aromatic rings. The number of hydrogen-bond donors (Lipinski definition) is 1. The van der Waals surface area contributed by atoms with Crippen molar-refractivity contribution in [3.8, 4) is 17.1 Å². The molecule has 1 N–H and O–H groups in total. The second kappa shape index (κ2) is 7.95. The quantitative estimate of drug-likeness (QED) is 0.629. The molecule has 0 saturated heterocycles. The number of ether oxygens (including phenoxy) is 1. The van der Waals surface area contributed by atoms with Crippen molar-refractivity contribution < 1.29 is 13.2 Å². The molecule has 3 rings (SSSR count). The smallest absolute Gasteiger partial charge is 0.345 e. The van der Waals surface area contributed by atoms with E-state index < -0.39 is 10.0 Å². The van der Waals surface area contributed by atoms with Crippen molar-refractivity contribution in [3.05, 3.63) is 58.8 Å². The molecule has 2 aromatic heterocycles. The van der Waals surface area contributed by atoms with Crippen molar-refractivity contribution in [2.75, 3.05) is 13.7 Å². The predicted molar refractivity (Wildman–Crippen MR) is 104 cm³/mol. The number of aryl methyl sites for hydroxylation is 1. The molecule has 9 nitrogen and oxygen atoms in total. The Labute approximate surface area is 162 Å². The molecule has 10 heteroatoms. The van der Waals surface area contributed by atoms with Crippen LogP contribution in [-0.4, -0.2) is 41.4 Å². The Balaban J connectivity index is 1.77. The SMILES string of the molecule is COc1ccc(C)cc1S(=O)(=O)NCCn1nc(-c2cccnc2)n(C)c1=O. The van der Waals surface area contributed by atoms with Gasteiger partial charge in [0.25, 0.3) is 0 Å². The minimum absolute atomic E-state index is 0.00281. The second-order valence-corrected chi connectivity index (χ2v) is 7.92. The summed E-state index contributed by atoms with van der Waals surface area (Å²) in [6, 6.07) is 8.46. The van der Waals surface area contributed by atoms with E-state index in [2.05, 4.69) is 14.8 Å². The lowest BCUT2D eigenvalue weighted by Gasteiger charge is -2.11. The lowest BCUT2D eigenvalue weighted by atomic mass is 10.2. The molecule has 0 bridgehead atoms. The number of benzene rings is 1. The van der Waals surface area contributed by atoms with E-state index in [1.807, 2.05) is 0 Å². The summed E-state index contributed by atoms with van der Waals surface area (Å²) in [5.41, 5.74) is 1.15. The van der Waals surface area contributed by atoms with Gasteiger partial charge < -0.3 is 4.74 Å². The summed E-state index contributed by atoms with van der Waals surface area (Å²) in [6.07, 6.45) is 3.24.